The molecule has 3 aromatic rings. The highest BCUT2D eigenvalue weighted by Crippen LogP contribution is 2.38. The fourth-order valence-corrected chi connectivity index (χ4v) is 2.81. The normalized spacial score (nSPS) is 10.9. The first-order valence-electron chi connectivity index (χ1n) is 8.17. The Kier molecular flexibility index (Phi) is 5.23. The Morgan fingerprint density at radius 1 is 0.808 bits per heavy atom. The maximum absolute atomic E-state index is 12.5. The molecule has 0 radical (unpaired) electrons. The molecule has 0 atom stereocenters. The lowest BCUT2D eigenvalue weighted by molar-refractivity contribution is 0.104. The van der Waals surface area contributed by atoms with Crippen LogP contribution in [0.4, 0.5) is 0 Å². The molecule has 0 aliphatic heterocycles. The van der Waals surface area contributed by atoms with Crippen LogP contribution in [0.25, 0.3) is 16.8 Å². The summed E-state index contributed by atoms with van der Waals surface area (Å²) >= 11 is 0. The van der Waals surface area contributed by atoms with E-state index >= 15 is 0 Å². The van der Waals surface area contributed by atoms with Gasteiger partial charge in [0.2, 0.25) is 5.75 Å². The molecule has 0 N–H and O–H groups in total. The van der Waals surface area contributed by atoms with Crippen molar-refractivity contribution in [2.45, 2.75) is 0 Å². The van der Waals surface area contributed by atoms with E-state index in [1.165, 1.54) is 0 Å². The highest BCUT2D eigenvalue weighted by molar-refractivity contribution is 6.08. The number of ether oxygens (including phenoxy) is 3. The quantitative estimate of drug-likeness (QED) is 0.476. The third-order valence-corrected chi connectivity index (χ3v) is 4.15. The first kappa shape index (κ1) is 17.5. The van der Waals surface area contributed by atoms with E-state index in [1.54, 1.807) is 45.6 Å². The zero-order valence-electron chi connectivity index (χ0n) is 15.0. The number of rotatable bonds is 6. The Labute approximate surface area is 152 Å². The van der Waals surface area contributed by atoms with Crippen molar-refractivity contribution in [2.24, 2.45) is 0 Å². The van der Waals surface area contributed by atoms with E-state index in [0.29, 0.717) is 22.8 Å². The molecule has 3 aromatic carbocycles. The molecule has 0 heterocycles. The van der Waals surface area contributed by atoms with Crippen LogP contribution in [0.15, 0.2) is 60.7 Å². The molecule has 0 saturated carbocycles. The highest BCUT2D eigenvalue weighted by atomic mass is 16.5. The summed E-state index contributed by atoms with van der Waals surface area (Å²) in [4.78, 5) is 12.5. The van der Waals surface area contributed by atoms with Gasteiger partial charge >= 0.3 is 0 Å². The number of hydrogen-bond donors (Lipinski definition) is 0. The van der Waals surface area contributed by atoms with E-state index in [9.17, 15) is 4.79 Å². The monoisotopic (exact) mass is 348 g/mol. The fraction of sp³-hybridized carbons (Fsp3) is 0.136. The molecule has 26 heavy (non-hydrogen) atoms. The predicted molar refractivity (Wildman–Crippen MR) is 103 cm³/mol. The van der Waals surface area contributed by atoms with Gasteiger partial charge in [0, 0.05) is 5.56 Å². The minimum atomic E-state index is -0.0653. The molecule has 4 nitrogen and oxygen atoms in total. The number of ketones is 1. The predicted octanol–water partition coefficient (Wildman–Crippen LogP) is 4.76. The SMILES string of the molecule is COc1cc(C=CC(=O)c2ccc3ccccc3c2)cc(OC)c1OC. The second kappa shape index (κ2) is 7.74. The van der Waals surface area contributed by atoms with Gasteiger partial charge in [0.25, 0.3) is 0 Å². The standard InChI is InChI=1S/C22H20O4/c1-24-20-12-15(13-21(25-2)22(20)26-3)8-11-19(23)18-10-9-16-6-4-5-7-17(16)14-18/h4-14H,1-3H3. The van der Waals surface area contributed by atoms with Crippen LogP contribution in [-0.4, -0.2) is 27.1 Å². The highest BCUT2D eigenvalue weighted by Gasteiger charge is 2.12. The molecule has 0 aliphatic carbocycles. The van der Waals surface area contributed by atoms with Gasteiger partial charge in [-0.15, -0.1) is 0 Å². The van der Waals surface area contributed by atoms with Gasteiger partial charge in [-0.2, -0.15) is 0 Å². The minimum absolute atomic E-state index is 0.0653. The van der Waals surface area contributed by atoms with Crippen LogP contribution in [-0.2, 0) is 0 Å². The van der Waals surface area contributed by atoms with E-state index in [2.05, 4.69) is 0 Å². The number of benzene rings is 3. The van der Waals surface area contributed by atoms with E-state index < -0.39 is 0 Å². The molecule has 132 valence electrons. The van der Waals surface area contributed by atoms with Crippen molar-refractivity contribution in [3.8, 4) is 17.2 Å². The molecule has 0 aromatic heterocycles. The van der Waals surface area contributed by atoms with Gasteiger partial charge in [-0.25, -0.2) is 0 Å². The minimum Gasteiger partial charge on any atom is -0.493 e. The summed E-state index contributed by atoms with van der Waals surface area (Å²) < 4.78 is 16.0. The maximum atomic E-state index is 12.5. The summed E-state index contributed by atoms with van der Waals surface area (Å²) in [5.41, 5.74) is 1.43. The molecule has 0 bridgehead atoms. The molecule has 0 unspecified atom stereocenters. The molecule has 0 aliphatic rings. The van der Waals surface area contributed by atoms with Crippen molar-refractivity contribution in [3.05, 3.63) is 71.8 Å². The van der Waals surface area contributed by atoms with Gasteiger partial charge in [0.1, 0.15) is 0 Å². The van der Waals surface area contributed by atoms with Crippen LogP contribution in [0.2, 0.25) is 0 Å². The van der Waals surface area contributed by atoms with Crippen LogP contribution in [0.1, 0.15) is 15.9 Å². The third-order valence-electron chi connectivity index (χ3n) is 4.15. The number of hydrogen-bond acceptors (Lipinski definition) is 4. The fourth-order valence-electron chi connectivity index (χ4n) is 2.81. The lowest BCUT2D eigenvalue weighted by Crippen LogP contribution is -1.96. The smallest absolute Gasteiger partial charge is 0.203 e. The second-order valence-corrected chi connectivity index (χ2v) is 5.72. The lowest BCUT2D eigenvalue weighted by atomic mass is 10.0. The number of allylic oxidation sites excluding steroid dienone is 1. The molecular formula is C22H20O4. The van der Waals surface area contributed by atoms with Gasteiger partial charge in [-0.1, -0.05) is 42.5 Å². The first-order valence-corrected chi connectivity index (χ1v) is 8.17. The van der Waals surface area contributed by atoms with Crippen LogP contribution in [0.3, 0.4) is 0 Å². The van der Waals surface area contributed by atoms with Gasteiger partial charge in [0.15, 0.2) is 17.3 Å². The Morgan fingerprint density at radius 2 is 1.46 bits per heavy atom. The second-order valence-electron chi connectivity index (χ2n) is 5.72. The Hall–Kier alpha value is -3.27. The van der Waals surface area contributed by atoms with Crippen molar-refractivity contribution < 1.29 is 19.0 Å². The number of fused-ring (bicyclic) bond motifs is 1. The van der Waals surface area contributed by atoms with E-state index in [0.717, 1.165) is 16.3 Å². The van der Waals surface area contributed by atoms with Crippen LogP contribution in [0, 0.1) is 0 Å². The number of carbonyl (C=O) groups excluding carboxylic acids is 1. The molecule has 0 spiro atoms. The van der Waals surface area contributed by atoms with Crippen LogP contribution >= 0.6 is 0 Å². The number of methoxy groups -OCH3 is 3. The Bertz CT molecular complexity index is 948. The van der Waals surface area contributed by atoms with E-state index in [-0.39, 0.29) is 5.78 Å². The van der Waals surface area contributed by atoms with Gasteiger partial charge in [0.05, 0.1) is 21.3 Å². The maximum Gasteiger partial charge on any atom is 0.203 e. The molecular weight excluding hydrogens is 328 g/mol. The van der Waals surface area contributed by atoms with Crippen molar-refractivity contribution in [1.82, 2.24) is 0 Å². The van der Waals surface area contributed by atoms with E-state index in [4.69, 9.17) is 14.2 Å². The van der Waals surface area contributed by atoms with Gasteiger partial charge in [-0.05, 0) is 40.6 Å². The Balaban J connectivity index is 1.89. The number of carbonyl (C=O) groups is 1. The summed E-state index contributed by atoms with van der Waals surface area (Å²) in [5.74, 6) is 1.55. The summed E-state index contributed by atoms with van der Waals surface area (Å²) in [6.45, 7) is 0. The summed E-state index contributed by atoms with van der Waals surface area (Å²) in [7, 11) is 4.68. The zero-order valence-corrected chi connectivity index (χ0v) is 15.0. The van der Waals surface area contributed by atoms with Crippen molar-refractivity contribution in [2.75, 3.05) is 21.3 Å². The average molecular weight is 348 g/mol. The molecule has 0 amide bonds. The van der Waals surface area contributed by atoms with E-state index in [1.807, 2.05) is 42.5 Å². The van der Waals surface area contributed by atoms with Crippen LogP contribution in [0.5, 0.6) is 17.2 Å². The largest absolute Gasteiger partial charge is 0.493 e. The van der Waals surface area contributed by atoms with Crippen molar-refractivity contribution in [1.29, 1.82) is 0 Å². The topological polar surface area (TPSA) is 44.8 Å². The lowest BCUT2D eigenvalue weighted by Gasteiger charge is -2.12. The molecule has 0 saturated heterocycles. The average Bonchev–Trinajstić information content (AvgIpc) is 2.70. The first-order chi connectivity index (χ1) is 12.7. The Morgan fingerprint density at radius 3 is 2.08 bits per heavy atom. The van der Waals surface area contributed by atoms with Crippen molar-refractivity contribution >= 4 is 22.6 Å². The summed E-state index contributed by atoms with van der Waals surface area (Å²) in [6.07, 6.45) is 3.28. The molecule has 0 fully saturated rings. The van der Waals surface area contributed by atoms with Gasteiger partial charge < -0.3 is 14.2 Å². The van der Waals surface area contributed by atoms with Gasteiger partial charge in [-0.3, -0.25) is 4.79 Å². The summed E-state index contributed by atoms with van der Waals surface area (Å²) in [6, 6.07) is 17.2. The molecule has 3 rings (SSSR count). The van der Waals surface area contributed by atoms with Crippen molar-refractivity contribution in [3.63, 3.8) is 0 Å². The molecule has 4 heteroatoms. The third kappa shape index (κ3) is 3.54. The van der Waals surface area contributed by atoms with Crippen LogP contribution < -0.4 is 14.2 Å². The zero-order chi connectivity index (χ0) is 18.5. The summed E-state index contributed by atoms with van der Waals surface area (Å²) in [5, 5.41) is 2.15.